The Balaban J connectivity index is 1.27. The molecule has 1 aromatic heterocycles. The first-order valence-corrected chi connectivity index (χ1v) is 14.1. The van der Waals surface area contributed by atoms with E-state index in [0.29, 0.717) is 12.6 Å². The quantitative estimate of drug-likeness (QED) is 0.524. The number of aromatic nitrogens is 2. The van der Waals surface area contributed by atoms with Crippen LogP contribution in [0.15, 0.2) is 22.7 Å². The van der Waals surface area contributed by atoms with E-state index in [2.05, 4.69) is 31.8 Å². The summed E-state index contributed by atoms with van der Waals surface area (Å²) in [6.45, 7) is 10.2. The monoisotopic (exact) mass is 557 g/mol. The summed E-state index contributed by atoms with van der Waals surface area (Å²) < 4.78 is 13.1. The Bertz CT molecular complexity index is 1140. The molecule has 4 fully saturated rings. The van der Waals surface area contributed by atoms with Crippen molar-refractivity contribution in [2.75, 3.05) is 37.7 Å². The number of fused-ring (bicyclic) bond motifs is 4. The molecule has 0 spiro atoms. The van der Waals surface area contributed by atoms with Gasteiger partial charge in [0.15, 0.2) is 0 Å². The first-order chi connectivity index (χ1) is 17.2. The fourth-order valence-corrected chi connectivity index (χ4v) is 7.07. The van der Waals surface area contributed by atoms with Crippen molar-refractivity contribution in [3.63, 3.8) is 0 Å². The molecule has 2 aromatic rings. The molecule has 0 radical (unpaired) electrons. The zero-order valence-electron chi connectivity index (χ0n) is 21.5. The molecule has 2 unspecified atom stereocenters. The zero-order valence-corrected chi connectivity index (χ0v) is 23.1. The van der Waals surface area contributed by atoms with Crippen LogP contribution in [0.25, 0.3) is 10.9 Å². The van der Waals surface area contributed by atoms with E-state index < -0.39 is 5.60 Å². The summed E-state index contributed by atoms with van der Waals surface area (Å²) in [5, 5.41) is 1.01. The Kier molecular flexibility index (Phi) is 6.06. The van der Waals surface area contributed by atoms with Crippen molar-refractivity contribution in [3.8, 4) is 6.01 Å². The van der Waals surface area contributed by atoms with E-state index in [1.165, 1.54) is 38.8 Å². The minimum Gasteiger partial charge on any atom is -0.461 e. The molecular formula is C27H36BrN5O3. The van der Waals surface area contributed by atoms with Crippen LogP contribution in [0.3, 0.4) is 0 Å². The Morgan fingerprint density at radius 3 is 2.47 bits per heavy atom. The molecular weight excluding hydrogens is 522 g/mol. The normalized spacial score (nSPS) is 25.4. The van der Waals surface area contributed by atoms with Gasteiger partial charge in [-0.1, -0.05) is 15.9 Å². The zero-order chi connectivity index (χ0) is 25.1. The van der Waals surface area contributed by atoms with Crippen LogP contribution in [-0.4, -0.2) is 81.9 Å². The lowest BCUT2D eigenvalue weighted by Gasteiger charge is -2.42. The second-order valence-corrected chi connectivity index (χ2v) is 12.8. The number of amides is 1. The minimum absolute atomic E-state index is 0.118. The van der Waals surface area contributed by atoms with Gasteiger partial charge in [-0.25, -0.2) is 4.79 Å². The molecule has 2 bridgehead atoms. The van der Waals surface area contributed by atoms with Crippen LogP contribution >= 0.6 is 15.9 Å². The number of anilines is 1. The van der Waals surface area contributed by atoms with E-state index in [9.17, 15) is 4.79 Å². The summed E-state index contributed by atoms with van der Waals surface area (Å²) in [6.07, 6.45) is 6.62. The van der Waals surface area contributed by atoms with Crippen LogP contribution < -0.4 is 9.64 Å². The maximum atomic E-state index is 13.0. The van der Waals surface area contributed by atoms with Crippen LogP contribution in [-0.2, 0) is 4.74 Å². The van der Waals surface area contributed by atoms with Crippen molar-refractivity contribution in [2.45, 2.75) is 82.5 Å². The number of hydrogen-bond acceptors (Lipinski definition) is 7. The Morgan fingerprint density at radius 2 is 1.81 bits per heavy atom. The highest BCUT2D eigenvalue weighted by molar-refractivity contribution is 9.10. The van der Waals surface area contributed by atoms with Gasteiger partial charge in [0, 0.05) is 22.9 Å². The number of piperazine rings is 1. The van der Waals surface area contributed by atoms with E-state index in [1.807, 2.05) is 37.8 Å². The van der Waals surface area contributed by atoms with Gasteiger partial charge in [-0.2, -0.15) is 9.97 Å². The second-order valence-electron chi connectivity index (χ2n) is 11.9. The molecule has 4 aliphatic heterocycles. The lowest BCUT2D eigenvalue weighted by Crippen LogP contribution is -2.57. The predicted molar refractivity (Wildman–Crippen MR) is 143 cm³/mol. The number of ether oxygens (including phenoxy) is 2. The Labute approximate surface area is 221 Å². The molecule has 5 heterocycles. The van der Waals surface area contributed by atoms with E-state index in [-0.39, 0.29) is 23.7 Å². The summed E-state index contributed by atoms with van der Waals surface area (Å²) in [5.74, 6) is 0.899. The number of nitrogens with zero attached hydrogens (tertiary/aromatic N) is 5. The molecule has 4 aliphatic rings. The molecule has 1 aromatic carbocycles. The van der Waals surface area contributed by atoms with Crippen molar-refractivity contribution >= 4 is 38.7 Å². The highest BCUT2D eigenvalue weighted by atomic mass is 79.9. The van der Waals surface area contributed by atoms with Gasteiger partial charge < -0.3 is 14.4 Å². The van der Waals surface area contributed by atoms with Gasteiger partial charge in [-0.15, -0.1) is 0 Å². The standard InChI is InChI=1S/C27H36BrN5O3/c1-26(2,3)36-25(34)33-19-7-8-20(33)16-31(15-19)23-21-9-6-18(28)14-22(21)29-24(30-23)35-17-27-10-4-12-32(27)13-5-11-27/h6,9,14,19-20H,4-5,7-8,10-13,15-17H2,1-3H3. The molecule has 4 saturated heterocycles. The summed E-state index contributed by atoms with van der Waals surface area (Å²) in [4.78, 5) is 29.6. The molecule has 6 rings (SSSR count). The third kappa shape index (κ3) is 4.42. The third-order valence-corrected chi connectivity index (χ3v) is 8.78. The topological polar surface area (TPSA) is 71.0 Å². The Morgan fingerprint density at radius 1 is 1.11 bits per heavy atom. The van der Waals surface area contributed by atoms with Crippen LogP contribution in [0.4, 0.5) is 10.6 Å². The molecule has 8 nitrogen and oxygen atoms in total. The van der Waals surface area contributed by atoms with Crippen LogP contribution in [0.1, 0.15) is 59.3 Å². The fourth-order valence-electron chi connectivity index (χ4n) is 6.72. The molecule has 9 heteroatoms. The average molecular weight is 559 g/mol. The largest absolute Gasteiger partial charge is 0.461 e. The van der Waals surface area contributed by atoms with Crippen LogP contribution in [0, 0.1) is 0 Å². The van der Waals surface area contributed by atoms with Gasteiger partial charge in [0.25, 0.3) is 0 Å². The average Bonchev–Trinajstić information content (AvgIpc) is 3.46. The van der Waals surface area contributed by atoms with Gasteiger partial charge in [0.2, 0.25) is 0 Å². The number of rotatable bonds is 4. The highest BCUT2D eigenvalue weighted by Gasteiger charge is 2.46. The minimum atomic E-state index is -0.496. The van der Waals surface area contributed by atoms with Gasteiger partial charge >= 0.3 is 12.1 Å². The summed E-state index contributed by atoms with van der Waals surface area (Å²) in [6, 6.07) is 6.84. The number of benzene rings is 1. The highest BCUT2D eigenvalue weighted by Crippen LogP contribution is 2.40. The lowest BCUT2D eigenvalue weighted by molar-refractivity contribution is 0.0123. The predicted octanol–water partition coefficient (Wildman–Crippen LogP) is 4.99. The summed E-state index contributed by atoms with van der Waals surface area (Å²) in [5.41, 5.74) is 0.524. The van der Waals surface area contributed by atoms with E-state index >= 15 is 0 Å². The maximum absolute atomic E-state index is 13.0. The first kappa shape index (κ1) is 24.2. The van der Waals surface area contributed by atoms with Crippen LogP contribution in [0.5, 0.6) is 6.01 Å². The van der Waals surface area contributed by atoms with Crippen molar-refractivity contribution in [1.82, 2.24) is 19.8 Å². The maximum Gasteiger partial charge on any atom is 0.410 e. The van der Waals surface area contributed by atoms with Crippen molar-refractivity contribution in [3.05, 3.63) is 22.7 Å². The van der Waals surface area contributed by atoms with Gasteiger partial charge in [-0.3, -0.25) is 9.80 Å². The van der Waals surface area contributed by atoms with Gasteiger partial charge in [0.05, 0.1) is 23.1 Å². The van der Waals surface area contributed by atoms with E-state index in [1.54, 1.807) is 0 Å². The molecule has 2 atom stereocenters. The number of hydrogen-bond donors (Lipinski definition) is 0. The molecule has 0 aliphatic carbocycles. The molecule has 0 saturated carbocycles. The van der Waals surface area contributed by atoms with E-state index in [4.69, 9.17) is 19.4 Å². The molecule has 0 N–H and O–H groups in total. The number of carbonyl (C=O) groups is 1. The van der Waals surface area contributed by atoms with Crippen molar-refractivity contribution in [1.29, 1.82) is 0 Å². The van der Waals surface area contributed by atoms with Gasteiger partial charge in [-0.05, 0) is 90.6 Å². The summed E-state index contributed by atoms with van der Waals surface area (Å²) in [7, 11) is 0. The molecule has 36 heavy (non-hydrogen) atoms. The third-order valence-electron chi connectivity index (χ3n) is 8.29. The number of carbonyl (C=O) groups excluding carboxylic acids is 1. The smallest absolute Gasteiger partial charge is 0.410 e. The SMILES string of the molecule is CC(C)(C)OC(=O)N1C2CCC1CN(c1nc(OCC34CCCN3CCC4)nc3cc(Br)ccc13)C2. The van der Waals surface area contributed by atoms with E-state index in [0.717, 1.165) is 47.1 Å². The Hall–Kier alpha value is -2.13. The second kappa shape index (κ2) is 9.01. The van der Waals surface area contributed by atoms with Crippen molar-refractivity contribution < 1.29 is 14.3 Å². The number of halogens is 1. The summed E-state index contributed by atoms with van der Waals surface area (Å²) >= 11 is 3.60. The van der Waals surface area contributed by atoms with Crippen LogP contribution in [0.2, 0.25) is 0 Å². The fraction of sp³-hybridized carbons (Fsp3) is 0.667. The molecule has 1 amide bonds. The lowest BCUT2D eigenvalue weighted by atomic mass is 9.95. The molecule has 194 valence electrons. The first-order valence-electron chi connectivity index (χ1n) is 13.3. The van der Waals surface area contributed by atoms with Crippen molar-refractivity contribution in [2.24, 2.45) is 0 Å². The van der Waals surface area contributed by atoms with Gasteiger partial charge in [0.1, 0.15) is 18.0 Å².